The molecule has 0 radical (unpaired) electrons. The summed E-state index contributed by atoms with van der Waals surface area (Å²) in [5, 5.41) is 0. The van der Waals surface area contributed by atoms with Gasteiger partial charge >= 0.3 is 0 Å². The van der Waals surface area contributed by atoms with Crippen molar-refractivity contribution in [2.75, 3.05) is 6.61 Å². The summed E-state index contributed by atoms with van der Waals surface area (Å²) >= 11 is 1.83. The van der Waals surface area contributed by atoms with E-state index >= 15 is 0 Å². The van der Waals surface area contributed by atoms with Crippen LogP contribution in [0, 0.1) is 5.92 Å². The molecule has 2 heterocycles. The van der Waals surface area contributed by atoms with Gasteiger partial charge in [-0.2, -0.15) is 0 Å². The van der Waals surface area contributed by atoms with Gasteiger partial charge in [-0.1, -0.05) is 60.3 Å². The standard InChI is InChI=1S/C20H20O2S/c1-3-7-15(8-4-1)13-21-14-16-11-19-20(12-18(16)22-19)23-17-9-5-2-6-10-17/h1-10,12,16,18-19H,11,13-14H2/t16-,18+,19+/m1/s1. The van der Waals surface area contributed by atoms with Gasteiger partial charge in [-0.15, -0.1) is 0 Å². The molecular formula is C20H20O2S. The van der Waals surface area contributed by atoms with Gasteiger partial charge < -0.3 is 9.47 Å². The van der Waals surface area contributed by atoms with Crippen LogP contribution in [-0.4, -0.2) is 18.8 Å². The smallest absolute Gasteiger partial charge is 0.0897 e. The minimum absolute atomic E-state index is 0.224. The lowest BCUT2D eigenvalue weighted by atomic mass is 9.95. The summed E-state index contributed by atoms with van der Waals surface area (Å²) in [6.45, 7) is 1.46. The van der Waals surface area contributed by atoms with Crippen molar-refractivity contribution in [2.45, 2.75) is 30.1 Å². The van der Waals surface area contributed by atoms with E-state index in [9.17, 15) is 0 Å². The summed E-state index contributed by atoms with van der Waals surface area (Å²) in [6, 6.07) is 20.9. The van der Waals surface area contributed by atoms with E-state index in [1.54, 1.807) is 0 Å². The molecule has 0 saturated carbocycles. The number of hydrogen-bond donors (Lipinski definition) is 0. The van der Waals surface area contributed by atoms with Crippen molar-refractivity contribution in [2.24, 2.45) is 5.92 Å². The first kappa shape index (κ1) is 15.0. The molecule has 0 amide bonds. The monoisotopic (exact) mass is 324 g/mol. The fourth-order valence-electron chi connectivity index (χ4n) is 3.18. The Morgan fingerprint density at radius 2 is 1.74 bits per heavy atom. The van der Waals surface area contributed by atoms with E-state index in [1.165, 1.54) is 15.4 Å². The molecule has 1 fully saturated rings. The molecule has 118 valence electrons. The Labute approximate surface area is 141 Å². The van der Waals surface area contributed by atoms with Crippen LogP contribution in [0.4, 0.5) is 0 Å². The summed E-state index contributed by atoms with van der Waals surface area (Å²) in [4.78, 5) is 2.65. The fraction of sp³-hybridized carbons (Fsp3) is 0.300. The van der Waals surface area contributed by atoms with Gasteiger partial charge in [-0.3, -0.25) is 0 Å². The van der Waals surface area contributed by atoms with E-state index in [4.69, 9.17) is 9.47 Å². The van der Waals surface area contributed by atoms with Crippen LogP contribution in [0.5, 0.6) is 0 Å². The van der Waals surface area contributed by atoms with Crippen molar-refractivity contribution < 1.29 is 9.47 Å². The highest BCUT2D eigenvalue weighted by Crippen LogP contribution is 2.45. The predicted octanol–water partition coefficient (Wildman–Crippen LogP) is 4.67. The minimum atomic E-state index is 0.224. The number of rotatable bonds is 6. The Morgan fingerprint density at radius 3 is 2.43 bits per heavy atom. The molecule has 2 bridgehead atoms. The molecule has 0 spiro atoms. The second-order valence-corrected chi connectivity index (χ2v) is 7.22. The molecule has 1 saturated heterocycles. The van der Waals surface area contributed by atoms with Crippen LogP contribution in [-0.2, 0) is 16.1 Å². The molecule has 2 aliphatic heterocycles. The minimum Gasteiger partial charge on any atom is -0.376 e. The molecule has 2 aliphatic rings. The van der Waals surface area contributed by atoms with Crippen molar-refractivity contribution in [1.29, 1.82) is 0 Å². The van der Waals surface area contributed by atoms with Crippen LogP contribution in [0.1, 0.15) is 12.0 Å². The highest BCUT2D eigenvalue weighted by Gasteiger charge is 2.41. The van der Waals surface area contributed by atoms with E-state index in [-0.39, 0.29) is 12.2 Å². The second kappa shape index (κ2) is 6.91. The van der Waals surface area contributed by atoms with Crippen molar-refractivity contribution in [3.05, 3.63) is 77.2 Å². The van der Waals surface area contributed by atoms with Gasteiger partial charge in [0.2, 0.25) is 0 Å². The van der Waals surface area contributed by atoms with Gasteiger partial charge in [-0.25, -0.2) is 0 Å². The van der Waals surface area contributed by atoms with E-state index in [2.05, 4.69) is 60.7 Å². The molecule has 4 rings (SSSR count). The molecule has 2 aromatic rings. The zero-order chi connectivity index (χ0) is 15.5. The Bertz CT molecular complexity index is 669. The molecule has 0 aliphatic carbocycles. The quantitative estimate of drug-likeness (QED) is 0.769. The SMILES string of the molecule is C1=C(Sc2ccccc2)[C@@H]2C[C@H](COCc3ccccc3)[C@H]1O2. The molecule has 23 heavy (non-hydrogen) atoms. The van der Waals surface area contributed by atoms with Crippen molar-refractivity contribution >= 4 is 11.8 Å². The Balaban J connectivity index is 1.29. The molecule has 0 unspecified atom stereocenters. The van der Waals surface area contributed by atoms with Gasteiger partial charge in [0, 0.05) is 15.7 Å². The Hall–Kier alpha value is -1.55. The Morgan fingerprint density at radius 1 is 1.00 bits per heavy atom. The first-order chi connectivity index (χ1) is 11.4. The number of ether oxygens (including phenoxy) is 2. The summed E-state index contributed by atoms with van der Waals surface area (Å²) < 4.78 is 12.0. The van der Waals surface area contributed by atoms with Crippen molar-refractivity contribution in [3.63, 3.8) is 0 Å². The third-order valence-corrected chi connectivity index (χ3v) is 5.51. The maximum absolute atomic E-state index is 6.08. The largest absolute Gasteiger partial charge is 0.376 e. The molecule has 2 aromatic carbocycles. The lowest BCUT2D eigenvalue weighted by molar-refractivity contribution is 0.0554. The molecule has 2 nitrogen and oxygen atoms in total. The molecule has 3 heteroatoms. The van der Waals surface area contributed by atoms with Crippen molar-refractivity contribution in [1.82, 2.24) is 0 Å². The highest BCUT2D eigenvalue weighted by atomic mass is 32.2. The molecule has 3 atom stereocenters. The van der Waals surface area contributed by atoms with Gasteiger partial charge in [-0.05, 0) is 30.2 Å². The van der Waals surface area contributed by atoms with E-state index in [0.717, 1.165) is 13.0 Å². The third-order valence-electron chi connectivity index (χ3n) is 4.37. The zero-order valence-electron chi connectivity index (χ0n) is 12.9. The van der Waals surface area contributed by atoms with E-state index < -0.39 is 0 Å². The first-order valence-electron chi connectivity index (χ1n) is 8.10. The summed E-state index contributed by atoms with van der Waals surface area (Å²) in [7, 11) is 0. The van der Waals surface area contributed by atoms with Gasteiger partial charge in [0.1, 0.15) is 0 Å². The number of benzene rings is 2. The van der Waals surface area contributed by atoms with Crippen LogP contribution in [0.3, 0.4) is 0 Å². The fourth-order valence-corrected chi connectivity index (χ4v) is 4.23. The lowest BCUT2D eigenvalue weighted by Crippen LogP contribution is -2.20. The Kier molecular flexibility index (Phi) is 4.51. The molecular weight excluding hydrogens is 304 g/mol. The van der Waals surface area contributed by atoms with Crippen molar-refractivity contribution in [3.8, 4) is 0 Å². The second-order valence-electron chi connectivity index (χ2n) is 6.07. The summed E-state index contributed by atoms with van der Waals surface area (Å²) in [5.41, 5.74) is 1.23. The topological polar surface area (TPSA) is 18.5 Å². The van der Waals surface area contributed by atoms with E-state index in [0.29, 0.717) is 12.5 Å². The number of fused-ring (bicyclic) bond motifs is 2. The number of thioether (sulfide) groups is 1. The first-order valence-corrected chi connectivity index (χ1v) is 8.92. The molecule has 0 N–H and O–H groups in total. The lowest BCUT2D eigenvalue weighted by Gasteiger charge is -2.18. The van der Waals surface area contributed by atoms with Crippen LogP contribution >= 0.6 is 11.8 Å². The summed E-state index contributed by atoms with van der Waals surface area (Å²) in [5.74, 6) is 0.490. The molecule has 0 aromatic heterocycles. The zero-order valence-corrected chi connectivity index (χ0v) is 13.7. The van der Waals surface area contributed by atoms with Gasteiger partial charge in [0.05, 0.1) is 25.4 Å². The van der Waals surface area contributed by atoms with Crippen LogP contribution in [0.2, 0.25) is 0 Å². The average molecular weight is 324 g/mol. The maximum atomic E-state index is 6.08. The van der Waals surface area contributed by atoms with E-state index in [1.807, 2.05) is 17.8 Å². The predicted molar refractivity (Wildman–Crippen MR) is 93.2 cm³/mol. The average Bonchev–Trinajstić information content (AvgIpc) is 3.17. The summed E-state index contributed by atoms with van der Waals surface area (Å²) in [6.07, 6.45) is 3.85. The highest BCUT2D eigenvalue weighted by molar-refractivity contribution is 8.03. The van der Waals surface area contributed by atoms with Gasteiger partial charge in [0.15, 0.2) is 0 Å². The van der Waals surface area contributed by atoms with Crippen LogP contribution in [0.15, 0.2) is 76.5 Å². The normalized spacial score (nSPS) is 25.6. The number of hydrogen-bond acceptors (Lipinski definition) is 3. The van der Waals surface area contributed by atoms with Gasteiger partial charge in [0.25, 0.3) is 0 Å². The maximum Gasteiger partial charge on any atom is 0.0897 e. The van der Waals surface area contributed by atoms with Crippen LogP contribution < -0.4 is 0 Å². The van der Waals surface area contributed by atoms with Crippen LogP contribution in [0.25, 0.3) is 0 Å². The third kappa shape index (κ3) is 3.52.